The number of hydrogen-bond donors (Lipinski definition) is 6. The van der Waals surface area contributed by atoms with Crippen LogP contribution in [0.1, 0.15) is 72.1 Å². The fraction of sp³-hybridized carbons (Fsp3) is 0.250. The lowest BCUT2D eigenvalue weighted by Crippen LogP contribution is -2.58. The number of carbonyl (C=O) groups is 4. The summed E-state index contributed by atoms with van der Waals surface area (Å²) in [6.07, 6.45) is 0.221. The number of benzene rings is 7. The number of thioether (sulfide) groups is 2. The smallest absolute Gasteiger partial charge is 0.306 e. The van der Waals surface area contributed by atoms with Crippen molar-refractivity contribution in [2.75, 3.05) is 11.5 Å². The number of carboxylic acids is 1. The average Bonchev–Trinajstić information content (AvgIpc) is 3.46. The zero-order valence-corrected chi connectivity index (χ0v) is 44.8. The first-order valence-electron chi connectivity index (χ1n) is 25.8. The summed E-state index contributed by atoms with van der Waals surface area (Å²) in [4.78, 5) is 55.2. The fourth-order valence-corrected chi connectivity index (χ4v) is 12.6. The summed E-state index contributed by atoms with van der Waals surface area (Å²) in [7, 11) is 0. The van der Waals surface area contributed by atoms with Crippen LogP contribution in [0.2, 0.25) is 0 Å². The third-order valence-corrected chi connectivity index (χ3v) is 16.6. The Labute approximate surface area is 459 Å². The molecule has 0 unspecified atom stereocenters. The molecule has 77 heavy (non-hydrogen) atoms. The molecule has 7 aromatic carbocycles. The van der Waals surface area contributed by atoms with Gasteiger partial charge >= 0.3 is 5.97 Å². The summed E-state index contributed by atoms with van der Waals surface area (Å²) in [6.45, 7) is 3.49. The van der Waals surface area contributed by atoms with E-state index in [0.717, 1.165) is 33.4 Å². The van der Waals surface area contributed by atoms with Crippen LogP contribution in [0, 0.1) is 11.7 Å². The number of aliphatic hydroxyl groups is 2. The van der Waals surface area contributed by atoms with E-state index < -0.39 is 81.7 Å². The maximum atomic E-state index is 14.8. The van der Waals surface area contributed by atoms with Gasteiger partial charge in [-0.05, 0) is 69.2 Å². The van der Waals surface area contributed by atoms with E-state index in [2.05, 4.69) is 52.3 Å². The fourth-order valence-electron chi connectivity index (χ4n) is 9.59. The predicted molar refractivity (Wildman–Crippen MR) is 307 cm³/mol. The molecule has 0 bridgehead atoms. The Morgan fingerprint density at radius 3 is 1.34 bits per heavy atom. The largest absolute Gasteiger partial charge is 0.481 e. The van der Waals surface area contributed by atoms with Crippen LogP contribution in [0.15, 0.2) is 218 Å². The van der Waals surface area contributed by atoms with E-state index >= 15 is 0 Å². The number of amides is 3. The topological polar surface area (TPSA) is 165 Å². The Bertz CT molecular complexity index is 2780. The minimum absolute atomic E-state index is 0.0434. The van der Waals surface area contributed by atoms with E-state index in [4.69, 9.17) is 0 Å². The number of aliphatic hydroxyl groups excluding tert-OH is 2. The first-order valence-corrected chi connectivity index (χ1v) is 27.8. The van der Waals surface area contributed by atoms with Crippen molar-refractivity contribution in [2.24, 2.45) is 5.92 Å². The zero-order valence-electron chi connectivity index (χ0n) is 43.2. The summed E-state index contributed by atoms with van der Waals surface area (Å²) in [5, 5.41) is 40.5. The second-order valence-electron chi connectivity index (χ2n) is 19.2. The number of allylic oxidation sites excluding steroid dienone is 1. The van der Waals surface area contributed by atoms with E-state index in [0.29, 0.717) is 17.7 Å². The van der Waals surface area contributed by atoms with Crippen LogP contribution < -0.4 is 16.0 Å². The number of halogens is 1. The molecule has 7 rings (SSSR count). The lowest BCUT2D eigenvalue weighted by molar-refractivity contribution is -0.140. The Kier molecular flexibility index (Phi) is 21.0. The van der Waals surface area contributed by atoms with Gasteiger partial charge in [0.1, 0.15) is 17.9 Å². The van der Waals surface area contributed by atoms with Gasteiger partial charge in [0, 0.05) is 12.2 Å². The van der Waals surface area contributed by atoms with Crippen LogP contribution in [0.3, 0.4) is 0 Å². The van der Waals surface area contributed by atoms with Gasteiger partial charge in [0.15, 0.2) is 0 Å². The lowest BCUT2D eigenvalue weighted by atomic mass is 9.84. The van der Waals surface area contributed by atoms with Crippen molar-refractivity contribution < 1.29 is 38.9 Å². The van der Waals surface area contributed by atoms with Gasteiger partial charge in [-0.15, -0.1) is 23.5 Å². The van der Waals surface area contributed by atoms with Gasteiger partial charge in [-0.1, -0.05) is 220 Å². The molecular formula is C64H66FN3O7S2. The molecule has 0 heterocycles. The number of rotatable bonds is 27. The minimum atomic E-state index is -1.45. The van der Waals surface area contributed by atoms with E-state index in [1.54, 1.807) is 31.7 Å². The molecular weight excluding hydrogens is 1010 g/mol. The quantitative estimate of drug-likeness (QED) is 0.0167. The van der Waals surface area contributed by atoms with Crippen molar-refractivity contribution in [2.45, 2.75) is 79.4 Å². The SMILES string of the molecule is CC(C)[C@@H](NC(=O)[C@@H](CSC(c1ccccc1)(c1ccccc1)c1ccccc1)NC(=O)[C@@H](Cc1ccc(F)cc1)NC(=O)C[C@H](O)/C=C/CCSC(c1ccccc1)(c1ccccc1)c1ccccc1)[C@@H](O)CC(=O)O. The summed E-state index contributed by atoms with van der Waals surface area (Å²) in [5.41, 5.74) is 6.60. The second-order valence-corrected chi connectivity index (χ2v) is 21.7. The Morgan fingerprint density at radius 2 is 0.935 bits per heavy atom. The van der Waals surface area contributed by atoms with Gasteiger partial charge in [0.05, 0.1) is 40.6 Å². The van der Waals surface area contributed by atoms with Gasteiger partial charge in [-0.25, -0.2) is 4.39 Å². The van der Waals surface area contributed by atoms with Crippen LogP contribution in [-0.4, -0.2) is 80.8 Å². The van der Waals surface area contributed by atoms with Gasteiger partial charge in [-0.2, -0.15) is 0 Å². The van der Waals surface area contributed by atoms with Crippen molar-refractivity contribution >= 4 is 47.2 Å². The molecule has 0 saturated heterocycles. The molecule has 0 radical (unpaired) electrons. The molecule has 7 aromatic rings. The van der Waals surface area contributed by atoms with Gasteiger partial charge in [0.2, 0.25) is 17.7 Å². The van der Waals surface area contributed by atoms with Crippen molar-refractivity contribution in [1.82, 2.24) is 16.0 Å². The van der Waals surface area contributed by atoms with Crippen LogP contribution in [0.4, 0.5) is 4.39 Å². The lowest BCUT2D eigenvalue weighted by Gasteiger charge is -2.37. The molecule has 5 atom stereocenters. The molecule has 0 aromatic heterocycles. The molecule has 6 N–H and O–H groups in total. The number of carboxylic acid groups (broad SMARTS) is 1. The number of carbonyl (C=O) groups excluding carboxylic acids is 3. The second kappa shape index (κ2) is 28.2. The number of hydrogen-bond acceptors (Lipinski definition) is 8. The maximum Gasteiger partial charge on any atom is 0.306 e. The Morgan fingerprint density at radius 1 is 0.532 bits per heavy atom. The number of nitrogens with one attached hydrogen (secondary N) is 3. The van der Waals surface area contributed by atoms with Crippen LogP contribution >= 0.6 is 23.5 Å². The van der Waals surface area contributed by atoms with Crippen molar-refractivity contribution in [3.63, 3.8) is 0 Å². The molecule has 0 fully saturated rings. The molecule has 0 aliphatic heterocycles. The van der Waals surface area contributed by atoms with Gasteiger partial charge in [0.25, 0.3) is 0 Å². The highest BCUT2D eigenvalue weighted by Crippen LogP contribution is 2.50. The van der Waals surface area contributed by atoms with E-state index in [1.807, 2.05) is 152 Å². The Balaban J connectivity index is 1.13. The van der Waals surface area contributed by atoms with Crippen LogP contribution in [-0.2, 0) is 35.1 Å². The van der Waals surface area contributed by atoms with E-state index in [9.17, 15) is 38.9 Å². The highest BCUT2D eigenvalue weighted by Gasteiger charge is 2.40. The molecule has 3 amide bonds. The van der Waals surface area contributed by atoms with Crippen molar-refractivity contribution in [3.8, 4) is 0 Å². The zero-order chi connectivity index (χ0) is 54.6. The molecule has 0 aliphatic rings. The molecule has 13 heteroatoms. The highest BCUT2D eigenvalue weighted by molar-refractivity contribution is 8.00. The van der Waals surface area contributed by atoms with E-state index in [1.165, 1.54) is 36.0 Å². The summed E-state index contributed by atoms with van der Waals surface area (Å²) < 4.78 is 12.7. The molecule has 0 spiro atoms. The maximum absolute atomic E-state index is 14.8. The minimum Gasteiger partial charge on any atom is -0.481 e. The number of aliphatic carboxylic acids is 1. The van der Waals surface area contributed by atoms with Crippen molar-refractivity contribution in [1.29, 1.82) is 0 Å². The van der Waals surface area contributed by atoms with Gasteiger partial charge < -0.3 is 31.3 Å². The third kappa shape index (κ3) is 15.2. The third-order valence-electron chi connectivity index (χ3n) is 13.4. The van der Waals surface area contributed by atoms with Gasteiger partial charge in [-0.3, -0.25) is 19.2 Å². The van der Waals surface area contributed by atoms with Crippen molar-refractivity contribution in [3.05, 3.63) is 263 Å². The average molecular weight is 1070 g/mol. The monoisotopic (exact) mass is 1070 g/mol. The first-order chi connectivity index (χ1) is 37.3. The normalized spacial score (nSPS) is 13.7. The summed E-state index contributed by atoms with van der Waals surface area (Å²) >= 11 is 3.18. The van der Waals surface area contributed by atoms with E-state index in [-0.39, 0.29) is 18.6 Å². The summed E-state index contributed by atoms with van der Waals surface area (Å²) in [6, 6.07) is 62.3. The molecule has 0 aliphatic carbocycles. The Hall–Kier alpha value is -7.29. The van der Waals surface area contributed by atoms with Crippen LogP contribution in [0.5, 0.6) is 0 Å². The summed E-state index contributed by atoms with van der Waals surface area (Å²) in [5.74, 6) is -3.59. The first kappa shape index (κ1) is 57.4. The highest BCUT2D eigenvalue weighted by atomic mass is 32.2. The molecule has 10 nitrogen and oxygen atoms in total. The standard InChI is InChI=1S/C64H66FN3O7S2/c1-45(2)60(57(70)43-59(72)73)68-62(75)56(44-77-64(50-29-15-6-16-30-50,51-31-17-7-18-32-51)52-33-19-8-20-34-52)67-61(74)55(41-46-36-38-53(65)39-37-46)66-58(71)42-54(69)35-21-22-40-76-63(47-23-9-3-10-24-47,48-25-11-4-12-26-48)49-27-13-5-14-28-49/h3-21,23-39,45,54-57,60,69-70H,22,40-44H2,1-2H3,(H,66,71)(H,67,74)(H,68,75)(H,72,73)/b35-21+/t54-,55-,56-,57+,60-/m1/s1. The molecule has 0 saturated carbocycles. The molecule has 398 valence electrons. The van der Waals surface area contributed by atoms with Crippen LogP contribution in [0.25, 0.3) is 0 Å². The predicted octanol–water partition coefficient (Wildman–Crippen LogP) is 10.5.